The first-order valence-electron chi connectivity index (χ1n) is 6.68. The van der Waals surface area contributed by atoms with Crippen LogP contribution in [0.5, 0.6) is 0 Å². The Kier molecular flexibility index (Phi) is 4.97. The van der Waals surface area contributed by atoms with E-state index in [1.165, 1.54) is 6.07 Å². The lowest BCUT2D eigenvalue weighted by Gasteiger charge is -2.27. The summed E-state index contributed by atoms with van der Waals surface area (Å²) in [6.07, 6.45) is 0.382. The number of nitrogens with one attached hydrogen (secondary N) is 1. The molecule has 3 N–H and O–H groups in total. The van der Waals surface area contributed by atoms with Crippen molar-refractivity contribution in [1.82, 2.24) is 0 Å². The van der Waals surface area contributed by atoms with Crippen molar-refractivity contribution in [3.8, 4) is 0 Å². The smallest absolute Gasteiger partial charge is 0.380 e. The first kappa shape index (κ1) is 17.7. The van der Waals surface area contributed by atoms with Crippen molar-refractivity contribution in [2.45, 2.75) is 22.9 Å². The van der Waals surface area contributed by atoms with Crippen LogP contribution in [0.2, 0.25) is 0 Å². The lowest BCUT2D eigenvalue weighted by molar-refractivity contribution is -0.123. The molecule has 1 heterocycles. The summed E-state index contributed by atoms with van der Waals surface area (Å²) in [4.78, 5) is 11.2. The molecule has 0 bridgehead atoms. The molecule has 1 aliphatic rings. The number of amides is 1. The zero-order valence-corrected chi connectivity index (χ0v) is 12.7. The molecule has 2 unspecified atom stereocenters. The Bertz CT molecular complexity index is 691. The minimum absolute atomic E-state index is 0.0426. The summed E-state index contributed by atoms with van der Waals surface area (Å²) < 4.78 is 65.5. The molecule has 1 aromatic rings. The number of rotatable bonds is 3. The van der Waals surface area contributed by atoms with Crippen molar-refractivity contribution in [2.24, 2.45) is 11.7 Å². The van der Waals surface area contributed by atoms with E-state index in [1.54, 1.807) is 0 Å². The summed E-state index contributed by atoms with van der Waals surface area (Å²) in [6.45, 7) is 0.564. The number of hydrogen-bond acceptors (Lipinski definition) is 5. The molecular formula is C13H15F3N2O4S. The first-order valence-corrected chi connectivity index (χ1v) is 8.17. The zero-order valence-electron chi connectivity index (χ0n) is 11.8. The minimum Gasteiger partial charge on any atom is -0.380 e. The molecule has 0 saturated carbocycles. The number of anilines is 1. The van der Waals surface area contributed by atoms with Crippen LogP contribution in [0, 0.1) is 5.92 Å². The summed E-state index contributed by atoms with van der Waals surface area (Å²) in [5.74, 6) is -1.03. The largest absolute Gasteiger partial charge is 0.501 e. The van der Waals surface area contributed by atoms with Gasteiger partial charge >= 0.3 is 5.51 Å². The van der Waals surface area contributed by atoms with E-state index < -0.39 is 38.1 Å². The molecule has 0 aromatic heterocycles. The molecule has 10 heteroatoms. The van der Waals surface area contributed by atoms with E-state index in [4.69, 9.17) is 10.5 Å². The number of sulfone groups is 1. The highest BCUT2D eigenvalue weighted by atomic mass is 32.2. The van der Waals surface area contributed by atoms with Crippen molar-refractivity contribution in [3.63, 3.8) is 0 Å². The Balaban J connectivity index is 2.19. The van der Waals surface area contributed by atoms with Crippen molar-refractivity contribution in [2.75, 3.05) is 18.5 Å². The molecule has 2 atom stereocenters. The van der Waals surface area contributed by atoms with Gasteiger partial charge in [-0.3, -0.25) is 4.79 Å². The van der Waals surface area contributed by atoms with Crippen molar-refractivity contribution < 1.29 is 31.1 Å². The fourth-order valence-electron chi connectivity index (χ4n) is 2.20. The molecule has 0 radical (unpaired) electrons. The maximum Gasteiger partial charge on any atom is 0.501 e. The van der Waals surface area contributed by atoms with Gasteiger partial charge in [-0.15, -0.1) is 0 Å². The van der Waals surface area contributed by atoms with Crippen molar-refractivity contribution in [3.05, 3.63) is 24.3 Å². The predicted octanol–water partition coefficient (Wildman–Crippen LogP) is 1.28. The van der Waals surface area contributed by atoms with E-state index in [1.807, 2.05) is 0 Å². The molecule has 1 aliphatic heterocycles. The molecule has 2 rings (SSSR count). The van der Waals surface area contributed by atoms with E-state index in [9.17, 15) is 26.4 Å². The summed E-state index contributed by atoms with van der Waals surface area (Å²) in [5, 5.41) is 2.40. The van der Waals surface area contributed by atoms with Crippen LogP contribution >= 0.6 is 0 Å². The molecule has 1 aromatic carbocycles. The number of nitrogens with two attached hydrogens (primary N) is 1. The van der Waals surface area contributed by atoms with Gasteiger partial charge in [-0.05, 0) is 24.6 Å². The second kappa shape index (κ2) is 6.46. The van der Waals surface area contributed by atoms with Crippen molar-refractivity contribution >= 4 is 21.4 Å². The SMILES string of the molecule is NC1COCCC1C(=O)Nc1cccc(S(=O)(=O)C(F)(F)F)c1. The Morgan fingerprint density at radius 3 is 2.65 bits per heavy atom. The standard InChI is InChI=1S/C13H15F3N2O4S/c14-13(15,16)23(20,21)9-3-1-2-8(6-9)18-12(19)10-4-5-22-7-11(10)17/h1-3,6,10-11H,4-5,7,17H2,(H,18,19). The molecule has 1 saturated heterocycles. The maximum atomic E-state index is 12.5. The average Bonchev–Trinajstić information content (AvgIpc) is 2.46. The second-order valence-corrected chi connectivity index (χ2v) is 7.04. The fraction of sp³-hybridized carbons (Fsp3) is 0.462. The zero-order chi connectivity index (χ0) is 17.3. The molecule has 23 heavy (non-hydrogen) atoms. The van der Waals surface area contributed by atoms with E-state index in [2.05, 4.69) is 5.32 Å². The summed E-state index contributed by atoms with van der Waals surface area (Å²) >= 11 is 0. The van der Waals surface area contributed by atoms with E-state index in [0.717, 1.165) is 18.2 Å². The molecule has 0 spiro atoms. The number of alkyl halides is 3. The monoisotopic (exact) mass is 352 g/mol. The van der Waals surface area contributed by atoms with Gasteiger partial charge in [0.15, 0.2) is 0 Å². The Hall–Kier alpha value is -1.65. The van der Waals surface area contributed by atoms with E-state index in [-0.39, 0.29) is 12.3 Å². The van der Waals surface area contributed by atoms with Gasteiger partial charge < -0.3 is 15.8 Å². The van der Waals surface area contributed by atoms with Gasteiger partial charge in [-0.1, -0.05) is 6.07 Å². The first-order chi connectivity index (χ1) is 10.6. The topological polar surface area (TPSA) is 98.5 Å². The number of carbonyl (C=O) groups excluding carboxylic acids is 1. The Labute approximate surface area is 130 Å². The van der Waals surface area contributed by atoms with E-state index in [0.29, 0.717) is 13.0 Å². The van der Waals surface area contributed by atoms with Crippen LogP contribution in [0.4, 0.5) is 18.9 Å². The molecule has 0 aliphatic carbocycles. The van der Waals surface area contributed by atoms with Crippen LogP contribution in [-0.4, -0.2) is 39.1 Å². The fourth-order valence-corrected chi connectivity index (χ4v) is 3.00. The highest BCUT2D eigenvalue weighted by Crippen LogP contribution is 2.31. The summed E-state index contributed by atoms with van der Waals surface area (Å²) in [5.41, 5.74) is 0.313. The lowest BCUT2D eigenvalue weighted by Crippen LogP contribution is -2.45. The number of hydrogen-bond donors (Lipinski definition) is 2. The van der Waals surface area contributed by atoms with Gasteiger partial charge in [0.25, 0.3) is 9.84 Å². The number of benzene rings is 1. The normalized spacial score (nSPS) is 22.6. The van der Waals surface area contributed by atoms with Crippen LogP contribution in [-0.2, 0) is 19.4 Å². The Morgan fingerprint density at radius 2 is 2.04 bits per heavy atom. The third-order valence-electron chi connectivity index (χ3n) is 3.45. The molecule has 1 fully saturated rings. The van der Waals surface area contributed by atoms with Gasteiger partial charge in [0.1, 0.15) is 0 Å². The highest BCUT2D eigenvalue weighted by molar-refractivity contribution is 7.92. The molecular weight excluding hydrogens is 337 g/mol. The van der Waals surface area contributed by atoms with Crippen molar-refractivity contribution in [1.29, 1.82) is 0 Å². The summed E-state index contributed by atoms with van der Waals surface area (Å²) in [7, 11) is -5.47. The predicted molar refractivity (Wildman–Crippen MR) is 75.2 cm³/mol. The number of ether oxygens (including phenoxy) is 1. The van der Waals surface area contributed by atoms with Crippen LogP contribution in [0.3, 0.4) is 0 Å². The number of halogens is 3. The summed E-state index contributed by atoms with van der Waals surface area (Å²) in [6, 6.07) is 3.49. The number of carbonyl (C=O) groups is 1. The van der Waals surface area contributed by atoms with Gasteiger partial charge in [0.2, 0.25) is 5.91 Å². The minimum atomic E-state index is -5.47. The third kappa shape index (κ3) is 3.82. The maximum absolute atomic E-state index is 12.5. The molecule has 128 valence electrons. The highest BCUT2D eigenvalue weighted by Gasteiger charge is 2.46. The van der Waals surface area contributed by atoms with Crippen LogP contribution < -0.4 is 11.1 Å². The van der Waals surface area contributed by atoms with Crippen LogP contribution in [0.1, 0.15) is 6.42 Å². The van der Waals surface area contributed by atoms with Gasteiger partial charge in [-0.2, -0.15) is 13.2 Å². The quantitative estimate of drug-likeness (QED) is 0.854. The van der Waals surface area contributed by atoms with Gasteiger partial charge in [0.05, 0.1) is 17.4 Å². The Morgan fingerprint density at radius 1 is 1.35 bits per heavy atom. The third-order valence-corrected chi connectivity index (χ3v) is 4.94. The molecule has 6 nitrogen and oxygen atoms in total. The van der Waals surface area contributed by atoms with Crippen LogP contribution in [0.25, 0.3) is 0 Å². The average molecular weight is 352 g/mol. The molecule has 1 amide bonds. The van der Waals surface area contributed by atoms with Gasteiger partial charge in [0, 0.05) is 18.3 Å². The van der Waals surface area contributed by atoms with Gasteiger partial charge in [-0.25, -0.2) is 8.42 Å². The van der Waals surface area contributed by atoms with Crippen LogP contribution in [0.15, 0.2) is 29.2 Å². The lowest BCUT2D eigenvalue weighted by atomic mass is 9.94. The second-order valence-electron chi connectivity index (χ2n) is 5.10. The van der Waals surface area contributed by atoms with E-state index >= 15 is 0 Å².